The van der Waals surface area contributed by atoms with Crippen LogP contribution in [0.3, 0.4) is 0 Å². The van der Waals surface area contributed by atoms with Crippen molar-refractivity contribution in [3.05, 3.63) is 23.9 Å². The van der Waals surface area contributed by atoms with Crippen molar-refractivity contribution in [3.63, 3.8) is 0 Å². The summed E-state index contributed by atoms with van der Waals surface area (Å²) in [6.45, 7) is 7.62. The number of rotatable bonds is 7. The molecule has 1 saturated carbocycles. The third-order valence-corrected chi connectivity index (χ3v) is 3.48. The Bertz CT molecular complexity index is 456. The number of aromatic nitrogens is 1. The van der Waals surface area contributed by atoms with Crippen LogP contribution in [0.25, 0.3) is 0 Å². The second kappa shape index (κ2) is 6.73. The maximum absolute atomic E-state index is 12.7. The molecule has 0 aliphatic heterocycles. The van der Waals surface area contributed by atoms with Crippen LogP contribution in [0.5, 0.6) is 5.88 Å². The fraction of sp³-hybridized carbons (Fsp3) is 0.625. The van der Waals surface area contributed by atoms with Crippen molar-refractivity contribution in [2.45, 2.75) is 46.1 Å². The summed E-state index contributed by atoms with van der Waals surface area (Å²) in [6, 6.07) is 4.02. The van der Waals surface area contributed by atoms with Crippen LogP contribution in [-0.4, -0.2) is 35.0 Å². The number of nitrogens with zero attached hydrogens (tertiary/aromatic N) is 2. The zero-order chi connectivity index (χ0) is 14.5. The van der Waals surface area contributed by atoms with Gasteiger partial charge < -0.3 is 9.64 Å². The highest BCUT2D eigenvalue weighted by atomic mass is 16.5. The van der Waals surface area contributed by atoms with Crippen molar-refractivity contribution in [1.82, 2.24) is 9.88 Å². The molecule has 1 aliphatic carbocycles. The molecule has 0 bridgehead atoms. The molecule has 110 valence electrons. The molecule has 0 N–H and O–H groups in total. The zero-order valence-electron chi connectivity index (χ0n) is 12.6. The van der Waals surface area contributed by atoms with E-state index in [-0.39, 0.29) is 5.91 Å². The van der Waals surface area contributed by atoms with Gasteiger partial charge >= 0.3 is 0 Å². The van der Waals surface area contributed by atoms with Crippen LogP contribution in [0, 0.1) is 5.92 Å². The standard InChI is InChI=1S/C16H24N2O2/c1-4-20-15-14(6-5-10-17-15)16(19)18(13-7-8-13)11-9-12(2)3/h5-6,10,12-13H,4,7-9,11H2,1-3H3. The molecule has 0 saturated heterocycles. The largest absolute Gasteiger partial charge is 0.477 e. The lowest BCUT2D eigenvalue weighted by atomic mass is 10.1. The highest BCUT2D eigenvalue weighted by Crippen LogP contribution is 2.30. The first-order valence-electron chi connectivity index (χ1n) is 7.52. The Kier molecular flexibility index (Phi) is 4.99. The lowest BCUT2D eigenvalue weighted by molar-refractivity contribution is 0.0730. The van der Waals surface area contributed by atoms with Crippen molar-refractivity contribution in [2.75, 3.05) is 13.2 Å². The summed E-state index contributed by atoms with van der Waals surface area (Å²) in [5.74, 6) is 1.12. The number of amides is 1. The Morgan fingerprint density at radius 3 is 2.85 bits per heavy atom. The van der Waals surface area contributed by atoms with Gasteiger partial charge in [0.2, 0.25) is 5.88 Å². The highest BCUT2D eigenvalue weighted by molar-refractivity contribution is 5.96. The lowest BCUT2D eigenvalue weighted by Gasteiger charge is -2.24. The SMILES string of the molecule is CCOc1ncccc1C(=O)N(CCC(C)C)C1CC1. The van der Waals surface area contributed by atoms with Gasteiger partial charge in [-0.2, -0.15) is 0 Å². The average molecular weight is 276 g/mol. The molecule has 0 spiro atoms. The zero-order valence-corrected chi connectivity index (χ0v) is 12.6. The smallest absolute Gasteiger partial charge is 0.259 e. The molecule has 0 aromatic carbocycles. The van der Waals surface area contributed by atoms with Gasteiger partial charge in [-0.15, -0.1) is 0 Å². The Morgan fingerprint density at radius 1 is 1.50 bits per heavy atom. The van der Waals surface area contributed by atoms with Gasteiger partial charge in [-0.05, 0) is 44.2 Å². The number of carbonyl (C=O) groups is 1. The third kappa shape index (κ3) is 3.71. The molecule has 1 heterocycles. The monoisotopic (exact) mass is 276 g/mol. The van der Waals surface area contributed by atoms with E-state index >= 15 is 0 Å². The van der Waals surface area contributed by atoms with Gasteiger partial charge in [0.15, 0.2) is 0 Å². The second-order valence-electron chi connectivity index (χ2n) is 5.70. The molecule has 4 nitrogen and oxygen atoms in total. The highest BCUT2D eigenvalue weighted by Gasteiger charge is 2.34. The predicted molar refractivity (Wildman–Crippen MR) is 78.9 cm³/mol. The van der Waals surface area contributed by atoms with E-state index < -0.39 is 0 Å². The van der Waals surface area contributed by atoms with Crippen molar-refractivity contribution >= 4 is 5.91 Å². The van der Waals surface area contributed by atoms with Gasteiger partial charge in [0.05, 0.1) is 6.61 Å². The maximum Gasteiger partial charge on any atom is 0.259 e. The van der Waals surface area contributed by atoms with Gasteiger partial charge in [0.25, 0.3) is 5.91 Å². The molecule has 1 aromatic heterocycles. The molecule has 4 heteroatoms. The molecule has 0 radical (unpaired) electrons. The van der Waals surface area contributed by atoms with Gasteiger partial charge in [0.1, 0.15) is 5.56 Å². The van der Waals surface area contributed by atoms with E-state index in [4.69, 9.17) is 4.74 Å². The maximum atomic E-state index is 12.7. The topological polar surface area (TPSA) is 42.4 Å². The summed E-state index contributed by atoms with van der Waals surface area (Å²) in [7, 11) is 0. The molecule has 1 amide bonds. The van der Waals surface area contributed by atoms with E-state index in [9.17, 15) is 4.79 Å². The van der Waals surface area contributed by atoms with Crippen LogP contribution < -0.4 is 4.74 Å². The molecule has 1 aliphatic rings. The van der Waals surface area contributed by atoms with Crippen LogP contribution in [-0.2, 0) is 0 Å². The first-order valence-corrected chi connectivity index (χ1v) is 7.52. The average Bonchev–Trinajstić information content (AvgIpc) is 3.24. The summed E-state index contributed by atoms with van der Waals surface area (Å²) in [5, 5.41) is 0. The molecule has 2 rings (SSSR count). The van der Waals surface area contributed by atoms with Gasteiger partial charge in [-0.25, -0.2) is 4.98 Å². The first-order chi connectivity index (χ1) is 9.63. The minimum absolute atomic E-state index is 0.0599. The molecule has 1 aromatic rings. The lowest BCUT2D eigenvalue weighted by Crippen LogP contribution is -2.35. The number of hydrogen-bond donors (Lipinski definition) is 0. The third-order valence-electron chi connectivity index (χ3n) is 3.48. The van der Waals surface area contributed by atoms with Crippen LogP contribution >= 0.6 is 0 Å². The molecule has 20 heavy (non-hydrogen) atoms. The fourth-order valence-electron chi connectivity index (χ4n) is 2.19. The Morgan fingerprint density at radius 2 is 2.25 bits per heavy atom. The minimum Gasteiger partial charge on any atom is -0.477 e. The fourth-order valence-corrected chi connectivity index (χ4v) is 2.19. The summed E-state index contributed by atoms with van der Waals surface area (Å²) in [6.07, 6.45) is 4.94. The number of ether oxygens (including phenoxy) is 1. The van der Waals surface area contributed by atoms with Crippen LogP contribution in [0.1, 0.15) is 50.4 Å². The van der Waals surface area contributed by atoms with Gasteiger partial charge in [-0.3, -0.25) is 4.79 Å². The first kappa shape index (κ1) is 14.8. The van der Waals surface area contributed by atoms with Gasteiger partial charge in [0, 0.05) is 18.8 Å². The van der Waals surface area contributed by atoms with E-state index in [1.807, 2.05) is 17.9 Å². The second-order valence-corrected chi connectivity index (χ2v) is 5.70. The van der Waals surface area contributed by atoms with Crippen molar-refractivity contribution in [1.29, 1.82) is 0 Å². The number of pyridine rings is 1. The molecular weight excluding hydrogens is 252 g/mol. The summed E-state index contributed by atoms with van der Waals surface area (Å²) >= 11 is 0. The Hall–Kier alpha value is -1.58. The molecule has 0 atom stereocenters. The van der Waals surface area contributed by atoms with E-state index in [0.29, 0.717) is 30.0 Å². The molecule has 1 fully saturated rings. The number of hydrogen-bond acceptors (Lipinski definition) is 3. The summed E-state index contributed by atoms with van der Waals surface area (Å²) in [5.41, 5.74) is 0.588. The Labute approximate surface area is 121 Å². The predicted octanol–water partition coefficient (Wildman–Crippen LogP) is 3.13. The molecular formula is C16H24N2O2. The van der Waals surface area contributed by atoms with E-state index in [1.165, 1.54) is 0 Å². The summed E-state index contributed by atoms with van der Waals surface area (Å²) in [4.78, 5) is 18.9. The molecule has 0 unspecified atom stereocenters. The van der Waals surface area contributed by atoms with Crippen molar-refractivity contribution in [2.24, 2.45) is 5.92 Å². The van der Waals surface area contributed by atoms with Crippen LogP contribution in [0.4, 0.5) is 0 Å². The van der Waals surface area contributed by atoms with Crippen molar-refractivity contribution in [3.8, 4) is 5.88 Å². The van der Waals surface area contributed by atoms with E-state index in [1.54, 1.807) is 12.3 Å². The van der Waals surface area contributed by atoms with E-state index in [2.05, 4.69) is 18.8 Å². The Balaban J connectivity index is 2.14. The van der Waals surface area contributed by atoms with Crippen LogP contribution in [0.2, 0.25) is 0 Å². The number of carbonyl (C=O) groups excluding carboxylic acids is 1. The quantitative estimate of drug-likeness (QED) is 0.768. The van der Waals surface area contributed by atoms with E-state index in [0.717, 1.165) is 25.8 Å². The minimum atomic E-state index is 0.0599. The van der Waals surface area contributed by atoms with Crippen molar-refractivity contribution < 1.29 is 9.53 Å². The van der Waals surface area contributed by atoms with Crippen LogP contribution in [0.15, 0.2) is 18.3 Å². The van der Waals surface area contributed by atoms with Gasteiger partial charge in [-0.1, -0.05) is 13.8 Å². The normalized spacial score (nSPS) is 14.4. The summed E-state index contributed by atoms with van der Waals surface area (Å²) < 4.78 is 5.48.